The van der Waals surface area contributed by atoms with E-state index in [4.69, 9.17) is 22.1 Å². The van der Waals surface area contributed by atoms with E-state index in [1.165, 1.54) is 0 Å². The molecule has 154 valence electrons. The van der Waals surface area contributed by atoms with Crippen molar-refractivity contribution in [1.82, 2.24) is 19.7 Å². The Labute approximate surface area is 172 Å². The van der Waals surface area contributed by atoms with Gasteiger partial charge in [-0.2, -0.15) is 4.68 Å². The van der Waals surface area contributed by atoms with E-state index in [9.17, 15) is 4.79 Å². The number of methoxy groups -OCH3 is 1. The molecule has 0 aliphatic heterocycles. The fourth-order valence-electron chi connectivity index (χ4n) is 2.94. The summed E-state index contributed by atoms with van der Waals surface area (Å²) in [4.78, 5) is 13.0. The molecule has 1 aromatic carbocycles. The van der Waals surface area contributed by atoms with Gasteiger partial charge in [-0.25, -0.2) is 0 Å². The van der Waals surface area contributed by atoms with Crippen LogP contribution in [0.2, 0.25) is 0 Å². The lowest BCUT2D eigenvalue weighted by molar-refractivity contribution is -0.895. The molecule has 2 aromatic rings. The molecule has 0 spiro atoms. The summed E-state index contributed by atoms with van der Waals surface area (Å²) in [5, 5.41) is 7.69. The predicted octanol–water partition coefficient (Wildman–Crippen LogP) is 1.74. The van der Waals surface area contributed by atoms with Crippen molar-refractivity contribution in [3.8, 4) is 17.1 Å². The fraction of sp³-hybridized carbons (Fsp3) is 0.550. The second kappa shape index (κ2) is 10.4. The summed E-state index contributed by atoms with van der Waals surface area (Å²) < 4.78 is 9.82. The minimum absolute atomic E-state index is 0.0443. The normalized spacial score (nSPS) is 12.2. The molecule has 0 bridgehead atoms. The summed E-state index contributed by atoms with van der Waals surface area (Å²) in [5.41, 5.74) is 0.990. The first kappa shape index (κ1) is 22.1. The van der Waals surface area contributed by atoms with E-state index >= 15 is 0 Å². The summed E-state index contributed by atoms with van der Waals surface area (Å²) >= 11 is 5.71. The second-order valence-corrected chi connectivity index (χ2v) is 7.85. The number of nitrogens with zero attached hydrogens (tertiary/aromatic N) is 3. The number of quaternary nitrogens is 1. The summed E-state index contributed by atoms with van der Waals surface area (Å²) in [6, 6.07) is 7.83. The Kier molecular flexibility index (Phi) is 8.19. The number of carbonyl (C=O) groups excluding carboxylic acids is 1. The van der Waals surface area contributed by atoms with Gasteiger partial charge in [0.15, 0.2) is 19.0 Å². The topological polar surface area (TPSA) is 65.5 Å². The number of amides is 1. The van der Waals surface area contributed by atoms with Crippen LogP contribution in [-0.4, -0.2) is 47.5 Å². The smallest absolute Gasteiger partial charge is 0.275 e. The van der Waals surface area contributed by atoms with Gasteiger partial charge in [-0.1, -0.05) is 20.8 Å². The molecule has 0 saturated heterocycles. The van der Waals surface area contributed by atoms with Gasteiger partial charge in [-0.05, 0) is 48.8 Å². The zero-order chi connectivity index (χ0) is 20.7. The first-order valence-corrected chi connectivity index (χ1v) is 10.2. The van der Waals surface area contributed by atoms with Crippen molar-refractivity contribution in [2.45, 2.75) is 40.4 Å². The summed E-state index contributed by atoms with van der Waals surface area (Å²) in [6.07, 6.45) is 0.931. The Morgan fingerprint density at radius 2 is 2.00 bits per heavy atom. The third-order valence-corrected chi connectivity index (χ3v) is 4.70. The summed E-state index contributed by atoms with van der Waals surface area (Å²) in [7, 11) is 3.63. The van der Waals surface area contributed by atoms with Gasteiger partial charge in [0.05, 0.1) is 14.2 Å². The van der Waals surface area contributed by atoms with E-state index < -0.39 is 0 Å². The lowest BCUT2D eigenvalue weighted by Crippen LogP contribution is -3.09. The van der Waals surface area contributed by atoms with Gasteiger partial charge in [0.2, 0.25) is 4.77 Å². The zero-order valence-electron chi connectivity index (χ0n) is 17.5. The highest BCUT2D eigenvalue weighted by molar-refractivity contribution is 7.71. The number of ether oxygens (including phenoxy) is 1. The minimum Gasteiger partial charge on any atom is -0.497 e. The Balaban J connectivity index is 2.26. The van der Waals surface area contributed by atoms with Crippen LogP contribution in [0, 0.1) is 10.7 Å². The Morgan fingerprint density at radius 3 is 2.57 bits per heavy atom. The molecule has 7 nitrogen and oxygen atoms in total. The maximum Gasteiger partial charge on any atom is 0.275 e. The number of benzene rings is 1. The third-order valence-electron chi connectivity index (χ3n) is 4.27. The SMILES string of the molecule is CCCNC(=O)C[NH+](C)Cn1nc(-c2ccc(OC)cc2)n(CC(C)C)c1=S. The average molecular weight is 407 g/mol. The van der Waals surface area contributed by atoms with Gasteiger partial charge in [0.1, 0.15) is 5.75 Å². The molecule has 1 aromatic heterocycles. The molecule has 1 amide bonds. The van der Waals surface area contributed by atoms with Gasteiger partial charge in [-0.15, -0.1) is 5.10 Å². The number of rotatable bonds is 10. The first-order valence-electron chi connectivity index (χ1n) is 9.75. The molecular weight excluding hydrogens is 374 g/mol. The van der Waals surface area contributed by atoms with Crippen LogP contribution in [0.1, 0.15) is 27.2 Å². The lowest BCUT2D eigenvalue weighted by Gasteiger charge is -2.13. The summed E-state index contributed by atoms with van der Waals surface area (Å²) in [5.74, 6) is 2.12. The lowest BCUT2D eigenvalue weighted by atomic mass is 10.2. The zero-order valence-corrected chi connectivity index (χ0v) is 18.3. The molecule has 2 N–H and O–H groups in total. The molecule has 1 unspecified atom stereocenters. The number of nitrogens with one attached hydrogen (secondary N) is 2. The van der Waals surface area contributed by atoms with Crippen molar-refractivity contribution in [1.29, 1.82) is 0 Å². The number of aromatic nitrogens is 3. The average Bonchev–Trinajstić information content (AvgIpc) is 2.95. The van der Waals surface area contributed by atoms with Crippen LogP contribution in [0.15, 0.2) is 24.3 Å². The first-order chi connectivity index (χ1) is 13.3. The van der Waals surface area contributed by atoms with Crippen LogP contribution < -0.4 is 15.0 Å². The molecule has 0 saturated carbocycles. The van der Waals surface area contributed by atoms with Crippen LogP contribution in [0.3, 0.4) is 0 Å². The monoisotopic (exact) mass is 406 g/mol. The second-order valence-electron chi connectivity index (χ2n) is 7.48. The Morgan fingerprint density at radius 1 is 1.32 bits per heavy atom. The Hall–Kier alpha value is -2.19. The molecule has 8 heteroatoms. The van der Waals surface area contributed by atoms with Crippen molar-refractivity contribution in [3.63, 3.8) is 0 Å². The van der Waals surface area contributed by atoms with Crippen molar-refractivity contribution >= 4 is 18.1 Å². The van der Waals surface area contributed by atoms with E-state index in [0.717, 1.165) is 35.0 Å². The van der Waals surface area contributed by atoms with Gasteiger partial charge in [0.25, 0.3) is 5.91 Å². The van der Waals surface area contributed by atoms with Gasteiger partial charge < -0.3 is 15.0 Å². The molecule has 0 aliphatic rings. The van der Waals surface area contributed by atoms with Gasteiger partial charge >= 0.3 is 0 Å². The van der Waals surface area contributed by atoms with Gasteiger partial charge in [0, 0.05) is 18.7 Å². The third kappa shape index (κ3) is 5.90. The van der Waals surface area contributed by atoms with Crippen molar-refractivity contribution in [2.75, 3.05) is 27.2 Å². The van der Waals surface area contributed by atoms with Crippen molar-refractivity contribution in [3.05, 3.63) is 29.0 Å². The number of likely N-dealkylation sites (N-methyl/N-ethyl adjacent to an activating group) is 1. The standard InChI is InChI=1S/C20H31N5O2S/c1-6-11-21-18(26)13-23(4)14-25-20(28)24(12-15(2)3)19(22-25)16-7-9-17(27-5)10-8-16/h7-10,15H,6,11-14H2,1-5H3,(H,21,26)/p+1. The molecule has 1 heterocycles. The highest BCUT2D eigenvalue weighted by Gasteiger charge is 2.17. The maximum atomic E-state index is 12.0. The van der Waals surface area contributed by atoms with Crippen molar-refractivity contribution in [2.24, 2.45) is 5.92 Å². The quantitative estimate of drug-likeness (QED) is 0.590. The number of hydrogen-bond donors (Lipinski definition) is 2. The van der Waals surface area contributed by atoms with E-state index in [-0.39, 0.29) is 5.91 Å². The van der Waals surface area contributed by atoms with Crippen LogP contribution >= 0.6 is 12.2 Å². The molecule has 0 aliphatic carbocycles. The molecule has 0 fully saturated rings. The molecule has 28 heavy (non-hydrogen) atoms. The number of carbonyl (C=O) groups is 1. The van der Waals surface area contributed by atoms with E-state index in [1.54, 1.807) is 7.11 Å². The van der Waals surface area contributed by atoms with Crippen LogP contribution in [0.5, 0.6) is 5.75 Å². The fourth-order valence-corrected chi connectivity index (χ4v) is 3.21. The highest BCUT2D eigenvalue weighted by atomic mass is 32.1. The maximum absolute atomic E-state index is 12.0. The predicted molar refractivity (Wildman–Crippen MR) is 113 cm³/mol. The minimum atomic E-state index is 0.0443. The van der Waals surface area contributed by atoms with E-state index in [1.807, 2.05) is 42.9 Å². The van der Waals surface area contributed by atoms with Crippen LogP contribution in [0.4, 0.5) is 0 Å². The Bertz CT molecular complexity index is 826. The van der Waals surface area contributed by atoms with Crippen LogP contribution in [0.25, 0.3) is 11.4 Å². The van der Waals surface area contributed by atoms with E-state index in [2.05, 4.69) is 23.7 Å². The van der Waals surface area contributed by atoms with Crippen LogP contribution in [-0.2, 0) is 18.0 Å². The van der Waals surface area contributed by atoms with Gasteiger partial charge in [-0.3, -0.25) is 9.36 Å². The highest BCUT2D eigenvalue weighted by Crippen LogP contribution is 2.22. The van der Waals surface area contributed by atoms with Crippen molar-refractivity contribution < 1.29 is 14.4 Å². The molecule has 0 radical (unpaired) electrons. The largest absolute Gasteiger partial charge is 0.497 e. The summed E-state index contributed by atoms with van der Waals surface area (Å²) in [6.45, 7) is 8.77. The molecule has 1 atom stereocenters. The van der Waals surface area contributed by atoms with E-state index in [0.29, 0.717) is 30.4 Å². The molecular formula is C20H32N5O2S+. The molecule has 2 rings (SSSR count). The number of hydrogen-bond acceptors (Lipinski definition) is 4.